The van der Waals surface area contributed by atoms with Crippen molar-refractivity contribution in [3.8, 4) is 33.8 Å². The normalized spacial score (nSPS) is 13.3. The maximum Gasteiger partial charge on any atom is 0.227 e. The number of carbonyl (C=O) groups excluding carboxylic acids is 1. The fourth-order valence-corrected chi connectivity index (χ4v) is 4.55. The third kappa shape index (κ3) is 3.60. The number of nitrogens with zero attached hydrogens (tertiary/aromatic N) is 4. The van der Waals surface area contributed by atoms with E-state index in [1.165, 1.54) is 0 Å². The Bertz CT molecular complexity index is 1750. The number of aromatic nitrogens is 6. The van der Waals surface area contributed by atoms with Gasteiger partial charge in [0.05, 0.1) is 29.0 Å². The van der Waals surface area contributed by atoms with Crippen molar-refractivity contribution in [2.45, 2.75) is 12.8 Å². The van der Waals surface area contributed by atoms with Gasteiger partial charge in [0, 0.05) is 57.5 Å². The molecule has 1 fully saturated rings. The van der Waals surface area contributed by atoms with Crippen molar-refractivity contribution in [3.63, 3.8) is 0 Å². The molecule has 0 saturated heterocycles. The van der Waals surface area contributed by atoms with Crippen molar-refractivity contribution in [2.75, 3.05) is 5.32 Å². The Kier molecular flexibility index (Phi) is 4.63. The minimum absolute atomic E-state index is 0.0588. The number of rotatable bonds is 5. The molecule has 0 aliphatic heterocycles. The second-order valence-electron chi connectivity index (χ2n) is 9.08. The monoisotopic (exact) mass is 471 g/mol. The van der Waals surface area contributed by atoms with Crippen molar-refractivity contribution < 1.29 is 4.79 Å². The first kappa shape index (κ1) is 20.5. The third-order valence-corrected chi connectivity index (χ3v) is 6.57. The lowest BCUT2D eigenvalue weighted by molar-refractivity contribution is -0.117. The molecule has 0 bridgehead atoms. The van der Waals surface area contributed by atoms with Gasteiger partial charge in [-0.25, -0.2) is 4.98 Å². The van der Waals surface area contributed by atoms with E-state index in [0.29, 0.717) is 11.3 Å². The smallest absolute Gasteiger partial charge is 0.227 e. The van der Waals surface area contributed by atoms with Crippen LogP contribution in [0.15, 0.2) is 79.4 Å². The van der Waals surface area contributed by atoms with E-state index < -0.39 is 0 Å². The highest BCUT2D eigenvalue weighted by atomic mass is 16.2. The first-order valence-electron chi connectivity index (χ1n) is 11.9. The lowest BCUT2D eigenvalue weighted by atomic mass is 10.1. The van der Waals surface area contributed by atoms with E-state index in [1.807, 2.05) is 30.3 Å². The summed E-state index contributed by atoms with van der Waals surface area (Å²) in [5.41, 5.74) is 7.86. The summed E-state index contributed by atoms with van der Waals surface area (Å²) in [6, 6.07) is 18.2. The number of benzene rings is 1. The lowest BCUT2D eigenvalue weighted by Crippen LogP contribution is -2.13. The molecule has 5 aromatic heterocycles. The molecule has 0 spiro atoms. The molecule has 8 nitrogen and oxygen atoms in total. The van der Waals surface area contributed by atoms with Crippen LogP contribution in [-0.4, -0.2) is 36.0 Å². The molecule has 8 heteroatoms. The molecule has 0 radical (unpaired) electrons. The molecular weight excluding hydrogens is 450 g/mol. The van der Waals surface area contributed by atoms with E-state index in [-0.39, 0.29) is 11.8 Å². The quantitative estimate of drug-likeness (QED) is 0.304. The predicted molar refractivity (Wildman–Crippen MR) is 139 cm³/mol. The van der Waals surface area contributed by atoms with E-state index in [2.05, 4.69) is 59.7 Å². The summed E-state index contributed by atoms with van der Waals surface area (Å²) in [5.74, 6) is 0.193. The molecule has 6 aromatic rings. The van der Waals surface area contributed by atoms with Crippen LogP contribution >= 0.6 is 0 Å². The van der Waals surface area contributed by atoms with E-state index in [0.717, 1.165) is 62.9 Å². The number of H-pyrrole nitrogens is 2. The van der Waals surface area contributed by atoms with Crippen LogP contribution in [0.4, 0.5) is 5.69 Å². The summed E-state index contributed by atoms with van der Waals surface area (Å²) in [4.78, 5) is 29.1. The second-order valence-corrected chi connectivity index (χ2v) is 9.08. The van der Waals surface area contributed by atoms with Crippen LogP contribution in [0.3, 0.4) is 0 Å². The number of pyridine rings is 3. The van der Waals surface area contributed by atoms with Gasteiger partial charge in [-0.1, -0.05) is 18.2 Å². The number of nitrogens with one attached hydrogen (secondary N) is 3. The largest absolute Gasteiger partial charge is 0.353 e. The Labute approximate surface area is 205 Å². The van der Waals surface area contributed by atoms with Crippen LogP contribution in [0.1, 0.15) is 12.8 Å². The summed E-state index contributed by atoms with van der Waals surface area (Å²) in [6.45, 7) is 0. The Morgan fingerprint density at radius 3 is 2.69 bits per heavy atom. The minimum Gasteiger partial charge on any atom is -0.353 e. The van der Waals surface area contributed by atoms with Crippen LogP contribution in [0.25, 0.3) is 55.7 Å². The fourth-order valence-electron chi connectivity index (χ4n) is 4.55. The van der Waals surface area contributed by atoms with Crippen molar-refractivity contribution in [1.82, 2.24) is 30.1 Å². The fraction of sp³-hybridized carbons (Fsp3) is 0.107. The zero-order chi connectivity index (χ0) is 24.1. The molecule has 0 atom stereocenters. The molecule has 5 heterocycles. The number of aromatic amines is 2. The average molecular weight is 472 g/mol. The molecule has 174 valence electrons. The van der Waals surface area contributed by atoms with Gasteiger partial charge in [-0.3, -0.25) is 19.9 Å². The summed E-state index contributed by atoms with van der Waals surface area (Å²) in [6.07, 6.45) is 8.94. The van der Waals surface area contributed by atoms with Gasteiger partial charge in [0.15, 0.2) is 5.65 Å². The molecule has 1 saturated carbocycles. The Balaban J connectivity index is 1.28. The van der Waals surface area contributed by atoms with Crippen molar-refractivity contribution >= 4 is 33.5 Å². The molecule has 1 amide bonds. The van der Waals surface area contributed by atoms with Gasteiger partial charge >= 0.3 is 0 Å². The van der Waals surface area contributed by atoms with Gasteiger partial charge in [-0.05, 0) is 49.2 Å². The van der Waals surface area contributed by atoms with Gasteiger partial charge in [-0.15, -0.1) is 0 Å². The van der Waals surface area contributed by atoms with Crippen molar-refractivity contribution in [2.24, 2.45) is 5.92 Å². The van der Waals surface area contributed by atoms with Crippen molar-refractivity contribution in [3.05, 3.63) is 79.4 Å². The number of fused-ring (bicyclic) bond motifs is 2. The number of hydrogen-bond donors (Lipinski definition) is 3. The standard InChI is InChI=1S/C28H21N7O/c36-28(16-7-8-16)32-19-10-17(13-29-15-19)18-11-22-26(34-35-27(22)31-14-18)25-12-21-20(4-3-6-24(21)33-25)23-5-1-2-9-30-23/h1-6,9-16,33H,7-8H2,(H,32,36)(H,31,34,35). The Morgan fingerprint density at radius 2 is 1.83 bits per heavy atom. The van der Waals surface area contributed by atoms with E-state index in [4.69, 9.17) is 0 Å². The minimum atomic E-state index is 0.0588. The van der Waals surface area contributed by atoms with Gasteiger partial charge in [0.1, 0.15) is 0 Å². The summed E-state index contributed by atoms with van der Waals surface area (Å²) in [7, 11) is 0. The van der Waals surface area contributed by atoms with Gasteiger partial charge in [0.2, 0.25) is 5.91 Å². The summed E-state index contributed by atoms with van der Waals surface area (Å²) < 4.78 is 0. The topological polar surface area (TPSA) is 112 Å². The molecular formula is C28H21N7O. The highest BCUT2D eigenvalue weighted by molar-refractivity contribution is 6.01. The Hall–Kier alpha value is -4.85. The second kappa shape index (κ2) is 8.13. The zero-order valence-corrected chi connectivity index (χ0v) is 19.2. The molecule has 1 aromatic carbocycles. The van der Waals surface area contributed by atoms with Crippen molar-refractivity contribution in [1.29, 1.82) is 0 Å². The van der Waals surface area contributed by atoms with Gasteiger partial charge in [0.25, 0.3) is 0 Å². The molecule has 1 aliphatic carbocycles. The van der Waals surface area contributed by atoms with Gasteiger partial charge < -0.3 is 10.3 Å². The first-order chi connectivity index (χ1) is 17.7. The number of hydrogen-bond acceptors (Lipinski definition) is 5. The Morgan fingerprint density at radius 1 is 0.917 bits per heavy atom. The molecule has 0 unspecified atom stereocenters. The number of anilines is 1. The third-order valence-electron chi connectivity index (χ3n) is 6.57. The SMILES string of the molecule is O=C(Nc1cncc(-c2cnc3n[nH]c(-c4cc5c(-c6ccccn6)cccc5[nH]4)c3c2)c1)C1CC1. The van der Waals surface area contributed by atoms with Crippen LogP contribution in [0.2, 0.25) is 0 Å². The summed E-state index contributed by atoms with van der Waals surface area (Å²) >= 11 is 0. The van der Waals surface area contributed by atoms with E-state index in [9.17, 15) is 4.79 Å². The molecule has 1 aliphatic rings. The molecule has 3 N–H and O–H groups in total. The number of amides is 1. The maximum absolute atomic E-state index is 12.2. The van der Waals surface area contributed by atoms with Crippen LogP contribution in [0, 0.1) is 5.92 Å². The highest BCUT2D eigenvalue weighted by Gasteiger charge is 2.29. The maximum atomic E-state index is 12.2. The molecule has 7 rings (SSSR count). The van der Waals surface area contributed by atoms with E-state index in [1.54, 1.807) is 24.8 Å². The predicted octanol–water partition coefficient (Wildman–Crippen LogP) is 5.58. The van der Waals surface area contributed by atoms with Crippen LogP contribution in [0.5, 0.6) is 0 Å². The zero-order valence-electron chi connectivity index (χ0n) is 19.2. The molecule has 36 heavy (non-hydrogen) atoms. The van der Waals surface area contributed by atoms with E-state index >= 15 is 0 Å². The van der Waals surface area contributed by atoms with Crippen LogP contribution < -0.4 is 5.32 Å². The highest BCUT2D eigenvalue weighted by Crippen LogP contribution is 2.35. The first-order valence-corrected chi connectivity index (χ1v) is 11.9. The lowest BCUT2D eigenvalue weighted by Gasteiger charge is -2.07. The number of carbonyl (C=O) groups is 1. The summed E-state index contributed by atoms with van der Waals surface area (Å²) in [5, 5.41) is 12.5. The van der Waals surface area contributed by atoms with Crippen LogP contribution in [-0.2, 0) is 4.79 Å². The van der Waals surface area contributed by atoms with Gasteiger partial charge in [-0.2, -0.15) is 5.10 Å². The average Bonchev–Trinajstić information content (AvgIpc) is 3.55.